The predicted molar refractivity (Wildman–Crippen MR) is 71.7 cm³/mol. The second kappa shape index (κ2) is 5.86. The van der Waals surface area contributed by atoms with Crippen LogP contribution in [0.25, 0.3) is 0 Å². The zero-order valence-electron chi connectivity index (χ0n) is 10.8. The largest absolute Gasteiger partial charge is 0.395 e. The van der Waals surface area contributed by atoms with Gasteiger partial charge in [-0.3, -0.25) is 10.1 Å². The van der Waals surface area contributed by atoms with Crippen LogP contribution in [0.1, 0.15) is 19.3 Å². The van der Waals surface area contributed by atoms with Crippen LogP contribution in [0, 0.1) is 10.1 Å². The van der Waals surface area contributed by atoms with E-state index in [-0.39, 0.29) is 24.1 Å². The van der Waals surface area contributed by atoms with Gasteiger partial charge in [0.05, 0.1) is 11.5 Å². The lowest BCUT2D eigenvalue weighted by atomic mass is 9.93. The summed E-state index contributed by atoms with van der Waals surface area (Å²) in [6, 6.07) is 5.11. The zero-order chi connectivity index (χ0) is 14.8. The minimum atomic E-state index is -3.97. The molecular formula is C12H16N2O5S. The number of para-hydroxylation sites is 1. The van der Waals surface area contributed by atoms with Crippen molar-refractivity contribution >= 4 is 15.7 Å². The Bertz CT molecular complexity index is 598. The third-order valence-corrected chi connectivity index (χ3v) is 5.45. The van der Waals surface area contributed by atoms with Gasteiger partial charge in [-0.15, -0.1) is 0 Å². The summed E-state index contributed by atoms with van der Waals surface area (Å²) in [4.78, 5) is 9.96. The average Bonchev–Trinajstić information content (AvgIpc) is 2.36. The van der Waals surface area contributed by atoms with Crippen LogP contribution in [0.4, 0.5) is 5.69 Å². The number of hydrogen-bond donors (Lipinski definition) is 1. The molecule has 0 unspecified atom stereocenters. The standard InChI is InChI=1S/C12H16N2O5S/c15-9-8-13(10-4-3-5-10)20(18,19)12-7-2-1-6-11(12)14(16)17/h1-2,6-7,10,15H,3-5,8-9H2. The second-order valence-corrected chi connectivity index (χ2v) is 6.51. The number of nitro benzene ring substituents is 1. The maximum Gasteiger partial charge on any atom is 0.289 e. The lowest BCUT2D eigenvalue weighted by molar-refractivity contribution is -0.387. The van der Waals surface area contributed by atoms with E-state index in [1.54, 1.807) is 0 Å². The number of benzene rings is 1. The van der Waals surface area contributed by atoms with Gasteiger partial charge in [-0.05, 0) is 18.9 Å². The van der Waals surface area contributed by atoms with Gasteiger partial charge < -0.3 is 5.11 Å². The van der Waals surface area contributed by atoms with E-state index in [9.17, 15) is 18.5 Å². The van der Waals surface area contributed by atoms with E-state index in [2.05, 4.69) is 0 Å². The summed E-state index contributed by atoms with van der Waals surface area (Å²) in [5.74, 6) is 0. The Kier molecular flexibility index (Phi) is 4.36. The van der Waals surface area contributed by atoms with Crippen LogP contribution < -0.4 is 0 Å². The Morgan fingerprint density at radius 3 is 2.50 bits per heavy atom. The Labute approximate surface area is 117 Å². The van der Waals surface area contributed by atoms with Gasteiger partial charge in [0.1, 0.15) is 0 Å². The maximum absolute atomic E-state index is 12.6. The van der Waals surface area contributed by atoms with Gasteiger partial charge in [0.2, 0.25) is 10.0 Å². The number of sulfonamides is 1. The van der Waals surface area contributed by atoms with E-state index in [1.807, 2.05) is 0 Å². The highest BCUT2D eigenvalue weighted by atomic mass is 32.2. The van der Waals surface area contributed by atoms with Crippen molar-refractivity contribution in [2.45, 2.75) is 30.2 Å². The molecule has 0 atom stereocenters. The van der Waals surface area contributed by atoms with Gasteiger partial charge in [-0.25, -0.2) is 8.42 Å². The van der Waals surface area contributed by atoms with Crippen molar-refractivity contribution in [2.24, 2.45) is 0 Å². The molecule has 0 bridgehead atoms. The van der Waals surface area contributed by atoms with Crippen molar-refractivity contribution in [1.29, 1.82) is 0 Å². The van der Waals surface area contributed by atoms with Gasteiger partial charge in [-0.1, -0.05) is 18.6 Å². The summed E-state index contributed by atoms with van der Waals surface area (Å²) in [6.07, 6.45) is 2.37. The molecule has 1 N–H and O–H groups in total. The molecule has 1 fully saturated rings. The van der Waals surface area contributed by atoms with Crippen molar-refractivity contribution in [1.82, 2.24) is 4.31 Å². The molecule has 110 valence electrons. The molecule has 1 aromatic rings. The number of aliphatic hydroxyl groups excluding tert-OH is 1. The summed E-state index contributed by atoms with van der Waals surface area (Å²) >= 11 is 0. The normalized spacial score (nSPS) is 16.1. The highest BCUT2D eigenvalue weighted by Crippen LogP contribution is 2.32. The lowest BCUT2D eigenvalue weighted by Crippen LogP contribution is -2.45. The molecule has 8 heteroatoms. The summed E-state index contributed by atoms with van der Waals surface area (Å²) in [7, 11) is -3.97. The van der Waals surface area contributed by atoms with Crippen molar-refractivity contribution < 1.29 is 18.4 Å². The molecule has 0 amide bonds. The number of nitro groups is 1. The Morgan fingerprint density at radius 1 is 1.35 bits per heavy atom. The summed E-state index contributed by atoms with van der Waals surface area (Å²) in [5.41, 5.74) is -0.435. The average molecular weight is 300 g/mol. The number of aliphatic hydroxyl groups is 1. The van der Waals surface area contributed by atoms with E-state index in [0.717, 1.165) is 19.3 Å². The van der Waals surface area contributed by atoms with E-state index in [1.165, 1.54) is 28.6 Å². The van der Waals surface area contributed by atoms with Crippen molar-refractivity contribution in [3.63, 3.8) is 0 Å². The Morgan fingerprint density at radius 2 is 2.00 bits per heavy atom. The molecule has 1 aliphatic rings. The summed E-state index contributed by atoms with van der Waals surface area (Å²) in [5, 5.41) is 20.0. The van der Waals surface area contributed by atoms with Crippen LogP contribution in [-0.4, -0.2) is 41.9 Å². The molecule has 1 saturated carbocycles. The summed E-state index contributed by atoms with van der Waals surface area (Å²) in [6.45, 7) is -0.352. The van der Waals surface area contributed by atoms with Crippen molar-refractivity contribution in [3.05, 3.63) is 34.4 Å². The smallest absolute Gasteiger partial charge is 0.289 e. The number of nitrogens with zero attached hydrogens (tertiary/aromatic N) is 2. The first kappa shape index (κ1) is 14.9. The van der Waals surface area contributed by atoms with Crippen LogP contribution in [0.2, 0.25) is 0 Å². The molecular weight excluding hydrogens is 284 g/mol. The van der Waals surface area contributed by atoms with Crippen LogP contribution in [0.3, 0.4) is 0 Å². The molecule has 2 rings (SSSR count). The molecule has 1 aromatic carbocycles. The second-order valence-electron chi connectivity index (χ2n) is 4.65. The Hall–Kier alpha value is -1.51. The topological polar surface area (TPSA) is 101 Å². The lowest BCUT2D eigenvalue weighted by Gasteiger charge is -2.35. The molecule has 0 saturated heterocycles. The molecule has 7 nitrogen and oxygen atoms in total. The monoisotopic (exact) mass is 300 g/mol. The fraction of sp³-hybridized carbons (Fsp3) is 0.500. The molecule has 0 aromatic heterocycles. The molecule has 0 heterocycles. The Balaban J connectivity index is 2.44. The fourth-order valence-electron chi connectivity index (χ4n) is 2.22. The summed E-state index contributed by atoms with van der Waals surface area (Å²) < 4.78 is 26.4. The van der Waals surface area contributed by atoms with Gasteiger partial charge in [-0.2, -0.15) is 4.31 Å². The van der Waals surface area contributed by atoms with Gasteiger partial charge in [0.25, 0.3) is 5.69 Å². The minimum absolute atomic E-state index is 0.0426. The maximum atomic E-state index is 12.6. The third kappa shape index (κ3) is 2.67. The molecule has 1 aliphatic carbocycles. The zero-order valence-corrected chi connectivity index (χ0v) is 11.6. The molecule has 0 spiro atoms. The quantitative estimate of drug-likeness (QED) is 0.627. The number of rotatable bonds is 6. The first-order valence-corrected chi connectivity index (χ1v) is 7.78. The molecule has 0 aliphatic heterocycles. The molecule has 0 radical (unpaired) electrons. The predicted octanol–water partition coefficient (Wildman–Crippen LogP) is 1.13. The van der Waals surface area contributed by atoms with E-state index in [4.69, 9.17) is 5.11 Å². The van der Waals surface area contributed by atoms with Crippen LogP contribution in [-0.2, 0) is 10.0 Å². The SMILES string of the molecule is O=[N+]([O-])c1ccccc1S(=O)(=O)N(CCO)C1CCC1. The molecule has 20 heavy (non-hydrogen) atoms. The van der Waals surface area contributed by atoms with E-state index >= 15 is 0 Å². The highest BCUT2D eigenvalue weighted by Gasteiger charge is 2.37. The van der Waals surface area contributed by atoms with Crippen LogP contribution >= 0.6 is 0 Å². The van der Waals surface area contributed by atoms with E-state index < -0.39 is 20.6 Å². The van der Waals surface area contributed by atoms with Gasteiger partial charge in [0.15, 0.2) is 4.90 Å². The fourth-order valence-corrected chi connectivity index (χ4v) is 4.06. The van der Waals surface area contributed by atoms with Crippen molar-refractivity contribution in [2.75, 3.05) is 13.2 Å². The van der Waals surface area contributed by atoms with Crippen LogP contribution in [0.5, 0.6) is 0 Å². The first-order chi connectivity index (χ1) is 9.48. The van der Waals surface area contributed by atoms with E-state index in [0.29, 0.717) is 0 Å². The highest BCUT2D eigenvalue weighted by molar-refractivity contribution is 7.89. The van der Waals surface area contributed by atoms with Gasteiger partial charge in [0, 0.05) is 18.7 Å². The first-order valence-electron chi connectivity index (χ1n) is 6.34. The third-order valence-electron chi connectivity index (χ3n) is 3.45. The van der Waals surface area contributed by atoms with Crippen molar-refractivity contribution in [3.8, 4) is 0 Å². The van der Waals surface area contributed by atoms with Crippen LogP contribution in [0.15, 0.2) is 29.2 Å². The number of hydrogen-bond acceptors (Lipinski definition) is 5. The minimum Gasteiger partial charge on any atom is -0.395 e. The van der Waals surface area contributed by atoms with Gasteiger partial charge >= 0.3 is 0 Å².